The molecule has 0 aliphatic rings. The summed E-state index contributed by atoms with van der Waals surface area (Å²) in [6.45, 7) is 8.87. The van der Waals surface area contributed by atoms with E-state index < -0.39 is 0 Å². The summed E-state index contributed by atoms with van der Waals surface area (Å²) in [5, 5.41) is 6.07. The molecule has 0 radical (unpaired) electrons. The molecule has 0 atom stereocenters. The Morgan fingerprint density at radius 3 is 2.81 bits per heavy atom. The number of carbonyl (C=O) groups is 1. The summed E-state index contributed by atoms with van der Waals surface area (Å²) >= 11 is 0. The van der Waals surface area contributed by atoms with Gasteiger partial charge in [-0.3, -0.25) is 4.79 Å². The Kier molecular flexibility index (Phi) is 7.75. The highest BCUT2D eigenvalue weighted by Gasteiger charge is 2.10. The number of nitrogens with zero attached hydrogens (tertiary/aromatic N) is 2. The molecule has 1 rings (SSSR count). The van der Waals surface area contributed by atoms with Crippen molar-refractivity contribution in [3.63, 3.8) is 0 Å². The van der Waals surface area contributed by atoms with E-state index in [1.54, 1.807) is 18.3 Å². The Labute approximate surface area is 128 Å². The Bertz CT molecular complexity index is 434. The SMILES string of the molecule is CCNc1ncccc1C(=O)NCCCCN(C)C(C)C. The van der Waals surface area contributed by atoms with E-state index in [2.05, 4.69) is 41.4 Å². The molecule has 5 heteroatoms. The number of amides is 1. The van der Waals surface area contributed by atoms with E-state index in [1.807, 2.05) is 6.92 Å². The minimum Gasteiger partial charge on any atom is -0.370 e. The van der Waals surface area contributed by atoms with E-state index in [9.17, 15) is 4.79 Å². The molecule has 0 fully saturated rings. The molecule has 1 heterocycles. The van der Waals surface area contributed by atoms with Gasteiger partial charge in [-0.1, -0.05) is 0 Å². The van der Waals surface area contributed by atoms with Crippen molar-refractivity contribution < 1.29 is 4.79 Å². The molecule has 5 nitrogen and oxygen atoms in total. The third kappa shape index (κ3) is 6.12. The number of aromatic nitrogens is 1. The first-order chi connectivity index (χ1) is 10.1. The van der Waals surface area contributed by atoms with E-state index >= 15 is 0 Å². The highest BCUT2D eigenvalue weighted by molar-refractivity contribution is 5.98. The van der Waals surface area contributed by atoms with Gasteiger partial charge in [0, 0.05) is 25.3 Å². The molecule has 0 aromatic carbocycles. The number of nitrogens with one attached hydrogen (secondary N) is 2. The smallest absolute Gasteiger partial charge is 0.255 e. The van der Waals surface area contributed by atoms with Crippen LogP contribution in [0.3, 0.4) is 0 Å². The van der Waals surface area contributed by atoms with Crippen LogP contribution >= 0.6 is 0 Å². The Hall–Kier alpha value is -1.62. The number of anilines is 1. The van der Waals surface area contributed by atoms with E-state index in [0.717, 1.165) is 25.9 Å². The number of rotatable bonds is 9. The standard InChI is InChI=1S/C16H28N4O/c1-5-17-15-14(9-8-11-18-15)16(21)19-10-6-7-12-20(4)13(2)3/h8-9,11,13H,5-7,10,12H2,1-4H3,(H,17,18)(H,19,21). The number of carbonyl (C=O) groups excluding carboxylic acids is 1. The second kappa shape index (κ2) is 9.34. The maximum absolute atomic E-state index is 12.1. The first-order valence-electron chi connectivity index (χ1n) is 7.73. The van der Waals surface area contributed by atoms with Gasteiger partial charge in [-0.25, -0.2) is 4.98 Å². The molecule has 0 aliphatic heterocycles. The van der Waals surface area contributed by atoms with Crippen LogP contribution in [0.1, 0.15) is 44.0 Å². The van der Waals surface area contributed by atoms with Gasteiger partial charge >= 0.3 is 0 Å². The van der Waals surface area contributed by atoms with Gasteiger partial charge in [0.2, 0.25) is 0 Å². The second-order valence-corrected chi connectivity index (χ2v) is 5.47. The van der Waals surface area contributed by atoms with Crippen molar-refractivity contribution in [1.82, 2.24) is 15.2 Å². The molecule has 1 aromatic heterocycles. The first kappa shape index (κ1) is 17.4. The fourth-order valence-corrected chi connectivity index (χ4v) is 1.94. The van der Waals surface area contributed by atoms with Crippen molar-refractivity contribution in [2.45, 2.75) is 39.7 Å². The number of unbranched alkanes of at least 4 members (excludes halogenated alkanes) is 1. The minimum absolute atomic E-state index is 0.0590. The van der Waals surface area contributed by atoms with Gasteiger partial charge in [0.05, 0.1) is 5.56 Å². The van der Waals surface area contributed by atoms with Gasteiger partial charge in [0.25, 0.3) is 5.91 Å². The van der Waals surface area contributed by atoms with E-state index in [0.29, 0.717) is 24.0 Å². The van der Waals surface area contributed by atoms with Crippen molar-refractivity contribution in [2.75, 3.05) is 32.0 Å². The molecule has 0 unspecified atom stereocenters. The molecule has 0 saturated carbocycles. The summed E-state index contributed by atoms with van der Waals surface area (Å²) in [6, 6.07) is 4.15. The zero-order valence-electron chi connectivity index (χ0n) is 13.6. The summed E-state index contributed by atoms with van der Waals surface area (Å²) in [5.41, 5.74) is 0.610. The lowest BCUT2D eigenvalue weighted by Crippen LogP contribution is -2.29. The molecule has 2 N–H and O–H groups in total. The highest BCUT2D eigenvalue weighted by atomic mass is 16.1. The Morgan fingerprint density at radius 2 is 2.14 bits per heavy atom. The van der Waals surface area contributed by atoms with Crippen molar-refractivity contribution in [1.29, 1.82) is 0 Å². The van der Waals surface area contributed by atoms with E-state index in [4.69, 9.17) is 0 Å². The predicted molar refractivity (Wildman–Crippen MR) is 87.7 cm³/mol. The molecule has 1 aromatic rings. The van der Waals surface area contributed by atoms with Crippen LogP contribution in [0.4, 0.5) is 5.82 Å². The largest absolute Gasteiger partial charge is 0.370 e. The molecule has 0 spiro atoms. The number of pyridine rings is 1. The predicted octanol–water partition coefficient (Wildman–Crippen LogP) is 2.36. The zero-order valence-corrected chi connectivity index (χ0v) is 13.6. The third-order valence-electron chi connectivity index (χ3n) is 3.50. The molecule has 0 bridgehead atoms. The quantitative estimate of drug-likeness (QED) is 0.686. The van der Waals surface area contributed by atoms with Gasteiger partial charge < -0.3 is 15.5 Å². The normalized spacial score (nSPS) is 11.0. The topological polar surface area (TPSA) is 57.3 Å². The maximum Gasteiger partial charge on any atom is 0.255 e. The van der Waals surface area contributed by atoms with Gasteiger partial charge in [-0.2, -0.15) is 0 Å². The Morgan fingerprint density at radius 1 is 1.38 bits per heavy atom. The summed E-state index contributed by atoms with van der Waals surface area (Å²) in [5.74, 6) is 0.591. The molecule has 0 aliphatic carbocycles. The van der Waals surface area contributed by atoms with Crippen LogP contribution in [0, 0.1) is 0 Å². The Balaban J connectivity index is 2.34. The van der Waals surface area contributed by atoms with Crippen molar-refractivity contribution in [3.8, 4) is 0 Å². The fourth-order valence-electron chi connectivity index (χ4n) is 1.94. The highest BCUT2D eigenvalue weighted by Crippen LogP contribution is 2.10. The summed E-state index contributed by atoms with van der Waals surface area (Å²) < 4.78 is 0. The molecular weight excluding hydrogens is 264 g/mol. The van der Waals surface area contributed by atoms with E-state index in [-0.39, 0.29) is 5.91 Å². The lowest BCUT2D eigenvalue weighted by molar-refractivity contribution is 0.0953. The average molecular weight is 292 g/mol. The zero-order chi connectivity index (χ0) is 15.7. The van der Waals surface area contributed by atoms with Crippen molar-refractivity contribution in [2.24, 2.45) is 0 Å². The molecule has 1 amide bonds. The van der Waals surface area contributed by atoms with Crippen LogP contribution in [0.25, 0.3) is 0 Å². The fraction of sp³-hybridized carbons (Fsp3) is 0.625. The van der Waals surface area contributed by atoms with Crippen molar-refractivity contribution >= 4 is 11.7 Å². The lowest BCUT2D eigenvalue weighted by atomic mass is 10.2. The van der Waals surface area contributed by atoms with Gasteiger partial charge in [-0.05, 0) is 59.3 Å². The van der Waals surface area contributed by atoms with Gasteiger partial charge in [-0.15, -0.1) is 0 Å². The monoisotopic (exact) mass is 292 g/mol. The second-order valence-electron chi connectivity index (χ2n) is 5.47. The minimum atomic E-state index is -0.0590. The van der Waals surface area contributed by atoms with Crippen molar-refractivity contribution in [3.05, 3.63) is 23.9 Å². The van der Waals surface area contributed by atoms with Crippen LogP contribution in [0.5, 0.6) is 0 Å². The van der Waals surface area contributed by atoms with Crippen LogP contribution in [0.2, 0.25) is 0 Å². The lowest BCUT2D eigenvalue weighted by Gasteiger charge is -2.20. The van der Waals surface area contributed by atoms with Gasteiger partial charge in [0.1, 0.15) is 5.82 Å². The third-order valence-corrected chi connectivity index (χ3v) is 3.50. The van der Waals surface area contributed by atoms with Crippen LogP contribution in [-0.2, 0) is 0 Å². The number of hydrogen-bond acceptors (Lipinski definition) is 4. The molecular formula is C16H28N4O. The van der Waals surface area contributed by atoms with Crippen LogP contribution in [-0.4, -0.2) is 48.5 Å². The number of hydrogen-bond donors (Lipinski definition) is 2. The van der Waals surface area contributed by atoms with Crippen LogP contribution < -0.4 is 10.6 Å². The average Bonchev–Trinajstić information content (AvgIpc) is 2.47. The van der Waals surface area contributed by atoms with Gasteiger partial charge in [0.15, 0.2) is 0 Å². The molecule has 0 saturated heterocycles. The molecule has 118 valence electrons. The van der Waals surface area contributed by atoms with E-state index in [1.165, 1.54) is 0 Å². The maximum atomic E-state index is 12.1. The summed E-state index contributed by atoms with van der Waals surface area (Å²) in [4.78, 5) is 18.7. The van der Waals surface area contributed by atoms with Crippen LogP contribution in [0.15, 0.2) is 18.3 Å². The summed E-state index contributed by atoms with van der Waals surface area (Å²) in [6.07, 6.45) is 3.76. The summed E-state index contributed by atoms with van der Waals surface area (Å²) in [7, 11) is 2.13. The first-order valence-corrected chi connectivity index (χ1v) is 7.73. The molecule has 21 heavy (non-hydrogen) atoms.